The number of urea groups is 1. The van der Waals surface area contributed by atoms with E-state index in [0.717, 1.165) is 22.0 Å². The normalized spacial score (nSPS) is 12.0. The average molecular weight is 348 g/mol. The third-order valence-electron chi connectivity index (χ3n) is 3.64. The first-order valence-electron chi connectivity index (χ1n) is 7.73. The number of hydrogen-bond donors (Lipinski definition) is 2. The zero-order valence-corrected chi connectivity index (χ0v) is 15.3. The lowest BCUT2D eigenvalue weighted by Crippen LogP contribution is -2.40. The number of hydrogen-bond acceptors (Lipinski definition) is 5. The summed E-state index contributed by atoms with van der Waals surface area (Å²) in [6.45, 7) is 2.86. The smallest absolute Gasteiger partial charge is 0.315 e. The summed E-state index contributed by atoms with van der Waals surface area (Å²) in [5, 5.41) is 8.63. The van der Waals surface area contributed by atoms with Gasteiger partial charge in [0.25, 0.3) is 0 Å². The van der Waals surface area contributed by atoms with E-state index in [9.17, 15) is 4.79 Å². The highest BCUT2D eigenvalue weighted by Gasteiger charge is 2.18. The zero-order chi connectivity index (χ0) is 17.5. The number of rotatable bonds is 7. The minimum absolute atomic E-state index is 0.0222. The number of benzene rings is 1. The summed E-state index contributed by atoms with van der Waals surface area (Å²) in [5.41, 5.74) is 2.02. The molecule has 0 aliphatic heterocycles. The van der Waals surface area contributed by atoms with Crippen LogP contribution in [0.25, 0.3) is 0 Å². The number of carbonyl (C=O) groups is 1. The van der Waals surface area contributed by atoms with Crippen molar-refractivity contribution in [2.75, 3.05) is 27.7 Å². The van der Waals surface area contributed by atoms with Gasteiger partial charge < -0.3 is 20.3 Å². The van der Waals surface area contributed by atoms with Gasteiger partial charge in [-0.2, -0.15) is 0 Å². The van der Waals surface area contributed by atoms with Gasteiger partial charge in [0.15, 0.2) is 0 Å². The Morgan fingerprint density at radius 2 is 2.08 bits per heavy atom. The Bertz CT molecular complexity index is 672. The van der Waals surface area contributed by atoms with E-state index in [1.165, 1.54) is 0 Å². The number of amides is 2. The van der Waals surface area contributed by atoms with Gasteiger partial charge in [0.1, 0.15) is 10.8 Å². The molecule has 0 aliphatic rings. The van der Waals surface area contributed by atoms with Crippen molar-refractivity contribution in [3.05, 3.63) is 45.9 Å². The Balaban J connectivity index is 1.92. The molecule has 0 aliphatic carbocycles. The molecule has 1 aromatic carbocycles. The van der Waals surface area contributed by atoms with Gasteiger partial charge in [-0.1, -0.05) is 18.2 Å². The number of nitrogens with zero attached hydrogens (tertiary/aromatic N) is 2. The number of nitrogens with one attached hydrogen (secondary N) is 2. The molecule has 0 saturated carbocycles. The molecule has 2 amide bonds. The molecule has 0 saturated heterocycles. The van der Waals surface area contributed by atoms with E-state index in [4.69, 9.17) is 4.74 Å². The van der Waals surface area contributed by atoms with Crippen molar-refractivity contribution in [2.45, 2.75) is 19.5 Å². The van der Waals surface area contributed by atoms with Crippen LogP contribution in [-0.4, -0.2) is 43.7 Å². The molecular weight excluding hydrogens is 324 g/mol. The fourth-order valence-electron chi connectivity index (χ4n) is 2.40. The van der Waals surface area contributed by atoms with Crippen LogP contribution in [-0.2, 0) is 6.54 Å². The Kier molecular flexibility index (Phi) is 6.57. The fraction of sp³-hybridized carbons (Fsp3) is 0.412. The van der Waals surface area contributed by atoms with Crippen LogP contribution in [0.1, 0.15) is 22.3 Å². The van der Waals surface area contributed by atoms with Crippen molar-refractivity contribution >= 4 is 17.4 Å². The largest absolute Gasteiger partial charge is 0.496 e. The average Bonchev–Trinajstić information content (AvgIpc) is 2.98. The number of likely N-dealkylation sites (N-methyl/N-ethyl adjacent to an activating group) is 1. The van der Waals surface area contributed by atoms with Gasteiger partial charge in [0.2, 0.25) is 0 Å². The van der Waals surface area contributed by atoms with E-state index in [0.29, 0.717) is 13.1 Å². The number of aromatic nitrogens is 1. The molecule has 1 aromatic heterocycles. The Morgan fingerprint density at radius 1 is 1.33 bits per heavy atom. The molecule has 1 heterocycles. The lowest BCUT2D eigenvalue weighted by Gasteiger charge is -2.26. The SMILES string of the molecule is COc1ccccc1[C@H](CNC(=O)NCc1nc(C)cs1)N(C)C. The Labute approximate surface area is 146 Å². The maximum Gasteiger partial charge on any atom is 0.315 e. The molecule has 2 rings (SSSR count). The molecule has 0 spiro atoms. The van der Waals surface area contributed by atoms with Crippen LogP contribution < -0.4 is 15.4 Å². The number of carbonyl (C=O) groups excluding carboxylic acids is 1. The minimum Gasteiger partial charge on any atom is -0.496 e. The summed E-state index contributed by atoms with van der Waals surface area (Å²) in [7, 11) is 5.62. The van der Waals surface area contributed by atoms with E-state index in [1.54, 1.807) is 18.4 Å². The van der Waals surface area contributed by atoms with Crippen LogP contribution in [0, 0.1) is 6.92 Å². The lowest BCUT2D eigenvalue weighted by molar-refractivity contribution is 0.231. The molecule has 0 unspecified atom stereocenters. The molecule has 130 valence electrons. The predicted octanol–water partition coefficient (Wildman–Crippen LogP) is 2.56. The highest BCUT2D eigenvalue weighted by atomic mass is 32.1. The number of thiazole rings is 1. The van der Waals surface area contributed by atoms with Gasteiger partial charge in [-0.05, 0) is 27.1 Å². The van der Waals surface area contributed by atoms with E-state index in [2.05, 4.69) is 20.5 Å². The van der Waals surface area contributed by atoms with Crippen molar-refractivity contribution < 1.29 is 9.53 Å². The van der Waals surface area contributed by atoms with Crippen molar-refractivity contribution in [3.63, 3.8) is 0 Å². The highest BCUT2D eigenvalue weighted by Crippen LogP contribution is 2.27. The maximum atomic E-state index is 12.0. The first-order chi connectivity index (χ1) is 11.5. The standard InChI is InChI=1S/C17H24N4O2S/c1-12-11-24-16(20-12)10-19-17(22)18-9-14(21(2)3)13-7-5-6-8-15(13)23-4/h5-8,11,14H,9-10H2,1-4H3,(H2,18,19,22)/t14-/m0/s1. The van der Waals surface area contributed by atoms with E-state index in [-0.39, 0.29) is 12.1 Å². The van der Waals surface area contributed by atoms with Crippen LogP contribution in [0.2, 0.25) is 0 Å². The first-order valence-corrected chi connectivity index (χ1v) is 8.61. The van der Waals surface area contributed by atoms with Gasteiger partial charge in [0, 0.05) is 23.2 Å². The molecule has 2 N–H and O–H groups in total. The molecule has 0 bridgehead atoms. The van der Waals surface area contributed by atoms with E-state index >= 15 is 0 Å². The molecule has 6 nitrogen and oxygen atoms in total. The molecule has 24 heavy (non-hydrogen) atoms. The monoisotopic (exact) mass is 348 g/mol. The van der Waals surface area contributed by atoms with Gasteiger partial charge in [-0.25, -0.2) is 9.78 Å². The van der Waals surface area contributed by atoms with Gasteiger partial charge >= 0.3 is 6.03 Å². The van der Waals surface area contributed by atoms with Crippen molar-refractivity contribution in [1.82, 2.24) is 20.5 Å². The second kappa shape index (κ2) is 8.65. The van der Waals surface area contributed by atoms with Crippen LogP contribution in [0.5, 0.6) is 5.75 Å². The Morgan fingerprint density at radius 3 is 2.71 bits per heavy atom. The molecule has 1 atom stereocenters. The number of ether oxygens (including phenoxy) is 1. The molecule has 0 fully saturated rings. The number of methoxy groups -OCH3 is 1. The second-order valence-electron chi connectivity index (χ2n) is 5.67. The first kappa shape index (κ1) is 18.2. The van der Waals surface area contributed by atoms with Gasteiger partial charge in [-0.3, -0.25) is 0 Å². The van der Waals surface area contributed by atoms with Gasteiger partial charge in [0.05, 0.1) is 19.7 Å². The molecule has 7 heteroatoms. The zero-order valence-electron chi connectivity index (χ0n) is 14.5. The summed E-state index contributed by atoms with van der Waals surface area (Å²) in [4.78, 5) is 18.4. The highest BCUT2D eigenvalue weighted by molar-refractivity contribution is 7.09. The summed E-state index contributed by atoms with van der Waals surface area (Å²) < 4.78 is 5.43. The van der Waals surface area contributed by atoms with E-state index < -0.39 is 0 Å². The molecular formula is C17H24N4O2S. The van der Waals surface area contributed by atoms with Crippen LogP contribution in [0.3, 0.4) is 0 Å². The molecule has 2 aromatic rings. The fourth-order valence-corrected chi connectivity index (χ4v) is 3.12. The lowest BCUT2D eigenvalue weighted by atomic mass is 10.0. The summed E-state index contributed by atoms with van der Waals surface area (Å²) in [6, 6.07) is 7.67. The topological polar surface area (TPSA) is 66.5 Å². The van der Waals surface area contributed by atoms with E-state index in [1.807, 2.05) is 50.7 Å². The minimum atomic E-state index is -0.204. The summed E-state index contributed by atoms with van der Waals surface area (Å²) in [6.07, 6.45) is 0. The van der Waals surface area contributed by atoms with Crippen LogP contribution >= 0.6 is 11.3 Å². The third-order valence-corrected chi connectivity index (χ3v) is 4.61. The summed E-state index contributed by atoms with van der Waals surface area (Å²) >= 11 is 1.54. The van der Waals surface area contributed by atoms with Crippen molar-refractivity contribution in [2.24, 2.45) is 0 Å². The van der Waals surface area contributed by atoms with Gasteiger partial charge in [-0.15, -0.1) is 11.3 Å². The Hall–Kier alpha value is -2.12. The quantitative estimate of drug-likeness (QED) is 0.807. The van der Waals surface area contributed by atoms with Crippen molar-refractivity contribution in [3.8, 4) is 5.75 Å². The van der Waals surface area contributed by atoms with Crippen LogP contribution in [0.15, 0.2) is 29.6 Å². The molecule has 0 radical (unpaired) electrons. The maximum absolute atomic E-state index is 12.0. The predicted molar refractivity (Wildman–Crippen MR) is 96.5 cm³/mol. The number of aryl methyl sites for hydroxylation is 1. The third kappa shape index (κ3) is 4.94. The van der Waals surface area contributed by atoms with Crippen molar-refractivity contribution in [1.29, 1.82) is 0 Å². The second-order valence-corrected chi connectivity index (χ2v) is 6.61. The van der Waals surface area contributed by atoms with Crippen LogP contribution in [0.4, 0.5) is 4.79 Å². The summed E-state index contributed by atoms with van der Waals surface area (Å²) in [5.74, 6) is 0.816. The number of para-hydroxylation sites is 1.